The predicted molar refractivity (Wildman–Crippen MR) is 38.7 cm³/mol. The topological polar surface area (TPSA) is 0 Å². The van der Waals surface area contributed by atoms with Crippen LogP contribution in [0, 0.1) is 0 Å². The van der Waals surface area contributed by atoms with Crippen molar-refractivity contribution in [1.29, 1.82) is 0 Å². The van der Waals surface area contributed by atoms with Crippen molar-refractivity contribution < 1.29 is 0 Å². The summed E-state index contributed by atoms with van der Waals surface area (Å²) in [5.41, 5.74) is 0. The lowest BCUT2D eigenvalue weighted by atomic mass is 12.0. The van der Waals surface area contributed by atoms with E-state index in [0.29, 0.717) is 0 Å². The van der Waals surface area contributed by atoms with Gasteiger partial charge in [-0.1, -0.05) is 0 Å². The molecule has 0 saturated heterocycles. The second-order valence-corrected chi connectivity index (χ2v) is 8.77. The highest BCUT2D eigenvalue weighted by Crippen LogP contribution is 2.23. The first kappa shape index (κ1) is 6.43. The standard InChI is InChI=1S/CH6P2S2/c1-5(4)3-2/h3H,2H2,1H3. The van der Waals surface area contributed by atoms with E-state index in [4.69, 9.17) is 11.2 Å². The first-order valence-corrected chi connectivity index (χ1v) is 7.16. The minimum absolute atomic E-state index is 0.252. The summed E-state index contributed by atoms with van der Waals surface area (Å²) < 4.78 is 0. The summed E-state index contributed by atoms with van der Waals surface area (Å²) in [7, 11) is 3.76. The lowest BCUT2D eigenvalue weighted by molar-refractivity contribution is 2.53. The van der Waals surface area contributed by atoms with Crippen molar-refractivity contribution in [1.82, 2.24) is 0 Å². The van der Waals surface area contributed by atoms with Crippen LogP contribution in [0.3, 0.4) is 0 Å². The number of hydrogen-bond acceptors (Lipinski definition) is 1. The highest BCUT2D eigenvalue weighted by atomic mass is 33.2. The van der Waals surface area contributed by atoms with E-state index in [-0.39, 0.29) is 9.07 Å². The zero-order valence-electron chi connectivity index (χ0n) is 2.89. The van der Waals surface area contributed by atoms with Gasteiger partial charge in [0.2, 0.25) is 0 Å². The summed E-state index contributed by atoms with van der Waals surface area (Å²) in [6, 6.07) is 0. The normalized spacial score (nSPS) is 17.2. The molecule has 0 bridgehead atoms. The minimum atomic E-state index is 0.252. The Labute approximate surface area is 43.3 Å². The summed E-state index contributed by atoms with van der Waals surface area (Å²) in [5.74, 6) is 0. The predicted octanol–water partition coefficient (Wildman–Crippen LogP) is 1.08. The molecule has 0 N–H and O–H groups in total. The smallest absolute Gasteiger partial charge is 0.00973 e. The Balaban J connectivity index is 2.85. The Morgan fingerprint density at radius 1 is 2.00 bits per heavy atom. The molecule has 3 unspecified atom stereocenters. The van der Waals surface area contributed by atoms with Crippen LogP contribution < -0.4 is 0 Å². The molecule has 0 saturated carbocycles. The summed E-state index contributed by atoms with van der Waals surface area (Å²) in [6.45, 7) is 0. The molecular weight excluding hydrogens is 138 g/mol. The highest BCUT2D eigenvalue weighted by molar-refractivity contribution is 8.71. The molecule has 0 radical (unpaired) electrons. The fourth-order valence-corrected chi connectivity index (χ4v) is 0. The summed E-state index contributed by atoms with van der Waals surface area (Å²) in [4.78, 5) is 0. The van der Waals surface area contributed by atoms with Gasteiger partial charge in [-0.15, -0.1) is 18.0 Å². The Morgan fingerprint density at radius 3 is 2.20 bits per heavy atom. The van der Waals surface area contributed by atoms with E-state index >= 15 is 0 Å². The molecular formula is CH6P2S2. The Kier molecular flexibility index (Phi) is 4.65. The molecule has 0 nitrogen and oxygen atoms in total. The molecule has 0 spiro atoms. The second-order valence-electron chi connectivity index (χ2n) is 0.572. The average molecular weight is 144 g/mol. The molecule has 3 atom stereocenters. The van der Waals surface area contributed by atoms with Gasteiger partial charge >= 0.3 is 0 Å². The van der Waals surface area contributed by atoms with E-state index in [1.807, 2.05) is 0 Å². The first-order valence-electron chi connectivity index (χ1n) is 1.07. The third kappa shape index (κ3) is 5.43. The van der Waals surface area contributed by atoms with Gasteiger partial charge in [0.15, 0.2) is 0 Å². The van der Waals surface area contributed by atoms with Gasteiger partial charge in [0.25, 0.3) is 0 Å². The van der Waals surface area contributed by atoms with Crippen LogP contribution in [0.25, 0.3) is 0 Å². The molecule has 0 aliphatic carbocycles. The second kappa shape index (κ2) is 3.61. The Hall–Kier alpha value is 1.43. The van der Waals surface area contributed by atoms with Crippen LogP contribution in [0.1, 0.15) is 0 Å². The van der Waals surface area contributed by atoms with E-state index in [1.165, 1.54) is 0 Å². The maximum absolute atomic E-state index is 4.80. The van der Waals surface area contributed by atoms with Gasteiger partial charge in [-0.25, -0.2) is 0 Å². The zero-order valence-corrected chi connectivity index (χ0v) is 6.68. The largest absolute Gasteiger partial charge is 0.103 e. The molecule has 32 valence electrons. The lowest BCUT2D eigenvalue weighted by Gasteiger charge is -1.80. The van der Waals surface area contributed by atoms with Crippen molar-refractivity contribution in [2.45, 2.75) is 0 Å². The van der Waals surface area contributed by atoms with Crippen LogP contribution in [-0.4, -0.2) is 6.26 Å². The molecule has 0 aromatic carbocycles. The van der Waals surface area contributed by atoms with Crippen LogP contribution in [0.4, 0.5) is 0 Å². The highest BCUT2D eigenvalue weighted by Gasteiger charge is 1.67. The molecule has 0 aliphatic rings. The summed E-state index contributed by atoms with van der Waals surface area (Å²) in [5, 5.41) is 0. The van der Waals surface area contributed by atoms with Crippen molar-refractivity contribution in [3.63, 3.8) is 0 Å². The molecule has 0 fully saturated rings. The van der Waals surface area contributed by atoms with E-state index in [0.717, 1.165) is 7.47 Å². The molecule has 5 heavy (non-hydrogen) atoms. The molecule has 0 heterocycles. The lowest BCUT2D eigenvalue weighted by Crippen LogP contribution is -1.56. The number of hydrogen-bond donors (Lipinski definition) is 0. The van der Waals surface area contributed by atoms with Crippen LogP contribution in [0.5, 0.6) is 0 Å². The van der Waals surface area contributed by atoms with Crippen LogP contribution in [-0.2, 0) is 20.3 Å². The SMILES string of the molecule is CS(=S)PP. The van der Waals surface area contributed by atoms with Gasteiger partial charge in [0.05, 0.1) is 0 Å². The van der Waals surface area contributed by atoms with Gasteiger partial charge in [0, 0.05) is 0 Å². The molecule has 4 heteroatoms. The molecule has 0 rings (SSSR count). The van der Waals surface area contributed by atoms with E-state index in [1.54, 1.807) is 0 Å². The minimum Gasteiger partial charge on any atom is -0.103 e. The summed E-state index contributed by atoms with van der Waals surface area (Å²) >= 11 is 4.80. The van der Waals surface area contributed by atoms with Crippen molar-refractivity contribution in [2.75, 3.05) is 6.26 Å². The van der Waals surface area contributed by atoms with Crippen LogP contribution in [0.15, 0.2) is 0 Å². The van der Waals surface area contributed by atoms with E-state index in [2.05, 4.69) is 15.2 Å². The van der Waals surface area contributed by atoms with E-state index in [9.17, 15) is 0 Å². The number of rotatable bonds is 1. The van der Waals surface area contributed by atoms with Crippen molar-refractivity contribution in [3.8, 4) is 0 Å². The Morgan fingerprint density at radius 2 is 2.20 bits per heavy atom. The molecule has 0 aliphatic heterocycles. The third-order valence-electron chi connectivity index (χ3n) is 0.166. The average Bonchev–Trinajstić information content (AvgIpc) is 1.38. The van der Waals surface area contributed by atoms with E-state index < -0.39 is 0 Å². The first-order chi connectivity index (χ1) is 2.27. The van der Waals surface area contributed by atoms with Crippen LogP contribution >= 0.6 is 16.4 Å². The van der Waals surface area contributed by atoms with Gasteiger partial charge in [-0.05, 0) is 24.9 Å². The quantitative estimate of drug-likeness (QED) is 0.496. The Bertz CT molecular complexity index is 42.9. The third-order valence-corrected chi connectivity index (χ3v) is 7.08. The van der Waals surface area contributed by atoms with Gasteiger partial charge in [-0.3, -0.25) is 0 Å². The molecule has 0 aromatic heterocycles. The van der Waals surface area contributed by atoms with Crippen molar-refractivity contribution >= 4 is 36.7 Å². The van der Waals surface area contributed by atoms with Gasteiger partial charge < -0.3 is 0 Å². The maximum Gasteiger partial charge on any atom is -0.00973 e. The zero-order chi connectivity index (χ0) is 4.28. The molecule has 0 amide bonds. The van der Waals surface area contributed by atoms with Crippen molar-refractivity contribution in [3.05, 3.63) is 0 Å². The fourth-order valence-electron chi connectivity index (χ4n) is 0. The molecule has 0 aromatic rings. The maximum atomic E-state index is 4.80. The van der Waals surface area contributed by atoms with Gasteiger partial charge in [0.1, 0.15) is 0 Å². The fraction of sp³-hybridized carbons (Fsp3) is 1.00. The van der Waals surface area contributed by atoms with Crippen LogP contribution in [0.2, 0.25) is 0 Å². The van der Waals surface area contributed by atoms with Crippen molar-refractivity contribution in [2.24, 2.45) is 0 Å². The monoisotopic (exact) mass is 144 g/mol. The summed E-state index contributed by atoms with van der Waals surface area (Å²) in [6.07, 6.45) is 2.06. The van der Waals surface area contributed by atoms with Gasteiger partial charge in [-0.2, -0.15) is 0 Å².